The number of nitrogens with zero attached hydrogens (tertiary/aromatic N) is 4. The van der Waals surface area contributed by atoms with Gasteiger partial charge in [0.15, 0.2) is 11.4 Å². The monoisotopic (exact) mass is 598 g/mol. The predicted molar refractivity (Wildman–Crippen MR) is 186 cm³/mol. The van der Waals surface area contributed by atoms with E-state index in [0.717, 1.165) is 25.9 Å². The van der Waals surface area contributed by atoms with Crippen LogP contribution in [-0.2, 0) is 36.8 Å². The quantitative estimate of drug-likeness (QED) is 0.124. The van der Waals surface area contributed by atoms with Crippen molar-refractivity contribution < 1.29 is 8.80 Å². The molecule has 46 heavy (non-hydrogen) atoms. The van der Waals surface area contributed by atoms with Gasteiger partial charge in [-0.25, -0.2) is 9.13 Å². The van der Waals surface area contributed by atoms with Crippen molar-refractivity contribution in [2.45, 2.75) is 78.3 Å². The molecule has 0 unspecified atom stereocenters. The predicted octanol–water partition coefficient (Wildman–Crippen LogP) is 8.07. The van der Waals surface area contributed by atoms with Gasteiger partial charge in [-0.1, -0.05) is 100 Å². The molecular weight excluding hydrogens is 560 g/mol. The summed E-state index contributed by atoms with van der Waals surface area (Å²) in [5.74, 6) is 0. The van der Waals surface area contributed by atoms with E-state index in [1.165, 1.54) is 99.7 Å². The van der Waals surface area contributed by atoms with E-state index in [2.05, 4.69) is 132 Å². The van der Waals surface area contributed by atoms with E-state index in [4.69, 9.17) is 0 Å². The zero-order valence-electron chi connectivity index (χ0n) is 27.5. The van der Waals surface area contributed by atoms with E-state index in [0.29, 0.717) is 0 Å². The van der Waals surface area contributed by atoms with Crippen molar-refractivity contribution in [3.63, 3.8) is 0 Å². The van der Waals surface area contributed by atoms with Crippen molar-refractivity contribution in [3.05, 3.63) is 118 Å². The third-order valence-corrected chi connectivity index (χ3v) is 12.2. The second kappa shape index (κ2) is 7.81. The lowest BCUT2D eigenvalue weighted by Crippen LogP contribution is -2.41. The highest BCUT2D eigenvalue weighted by molar-refractivity contribution is 6.13. The van der Waals surface area contributed by atoms with Crippen LogP contribution >= 0.6 is 0 Å². The fourth-order valence-corrected chi connectivity index (χ4v) is 10.4. The van der Waals surface area contributed by atoms with Crippen molar-refractivity contribution >= 4 is 54.6 Å². The number of rotatable bonds is 0. The van der Waals surface area contributed by atoms with Crippen molar-refractivity contribution in [2.24, 2.45) is 0 Å². The maximum Gasteiger partial charge on any atom is 0.295 e. The average Bonchev–Trinajstić information content (AvgIpc) is 3.76. The van der Waals surface area contributed by atoms with Crippen molar-refractivity contribution in [1.82, 2.24) is 9.13 Å². The van der Waals surface area contributed by atoms with Crippen LogP contribution in [0.15, 0.2) is 72.8 Å². The summed E-state index contributed by atoms with van der Waals surface area (Å²) in [6, 6.07) is 27.4. The Hall–Kier alpha value is -4.70. The van der Waals surface area contributed by atoms with Gasteiger partial charge in [0.05, 0.1) is 10.8 Å². The van der Waals surface area contributed by atoms with Gasteiger partial charge in [-0.15, -0.1) is 0 Å². The molecule has 0 spiro atoms. The van der Waals surface area contributed by atoms with Crippen LogP contribution in [0.5, 0.6) is 0 Å². The van der Waals surface area contributed by atoms with Gasteiger partial charge in [-0.05, 0) is 6.42 Å². The summed E-state index contributed by atoms with van der Waals surface area (Å²) in [4.78, 5) is 0. The van der Waals surface area contributed by atoms with Crippen LogP contribution < -0.4 is 8.80 Å². The summed E-state index contributed by atoms with van der Waals surface area (Å²) >= 11 is 0. The molecule has 0 atom stereocenters. The average molecular weight is 599 g/mol. The zero-order valence-corrected chi connectivity index (χ0v) is 27.5. The number of aromatic nitrogens is 4. The highest BCUT2D eigenvalue weighted by Crippen LogP contribution is 2.44. The van der Waals surface area contributed by atoms with Gasteiger partial charge >= 0.3 is 0 Å². The fraction of sp³-hybridized carbons (Fsp3) is 0.286. The second-order valence-electron chi connectivity index (χ2n) is 15.8. The maximum atomic E-state index is 2.59. The minimum absolute atomic E-state index is 0.180. The van der Waals surface area contributed by atoms with Crippen LogP contribution in [0, 0.1) is 13.8 Å². The lowest BCUT2D eigenvalue weighted by atomic mass is 9.77. The Morgan fingerprint density at radius 3 is 1.76 bits per heavy atom. The van der Waals surface area contributed by atoms with Gasteiger partial charge < -0.3 is 0 Å². The van der Waals surface area contributed by atoms with Gasteiger partial charge in [0, 0.05) is 74.9 Å². The summed E-state index contributed by atoms with van der Waals surface area (Å²) in [6.45, 7) is 16.2. The first-order valence-electron chi connectivity index (χ1n) is 17.0. The van der Waals surface area contributed by atoms with Crippen LogP contribution in [0.25, 0.3) is 54.6 Å². The highest BCUT2D eigenvalue weighted by Gasteiger charge is 2.44. The summed E-state index contributed by atoms with van der Waals surface area (Å²) in [6.07, 6.45) is 2.24. The normalized spacial score (nSPS) is 17.3. The molecule has 4 heteroatoms. The molecule has 0 N–H and O–H groups in total. The molecule has 0 saturated heterocycles. The van der Waals surface area contributed by atoms with E-state index >= 15 is 0 Å². The van der Waals surface area contributed by atoms with E-state index in [1.807, 2.05) is 0 Å². The fourth-order valence-electron chi connectivity index (χ4n) is 10.4. The van der Waals surface area contributed by atoms with Gasteiger partial charge in [0.1, 0.15) is 35.5 Å². The lowest BCUT2D eigenvalue weighted by Gasteiger charge is -2.28. The number of hydrogen-bond acceptors (Lipinski definition) is 0. The Bertz CT molecular complexity index is 2770. The van der Waals surface area contributed by atoms with E-state index in [1.54, 1.807) is 0 Å². The first kappa shape index (κ1) is 25.5. The van der Waals surface area contributed by atoms with Crippen molar-refractivity contribution in [2.75, 3.05) is 0 Å². The van der Waals surface area contributed by atoms with Crippen LogP contribution in [0.1, 0.15) is 72.7 Å². The molecule has 0 bridgehead atoms. The van der Waals surface area contributed by atoms with Gasteiger partial charge in [-0.3, -0.25) is 0 Å². The number of pyridine rings is 2. The Morgan fingerprint density at radius 2 is 1.09 bits per heavy atom. The van der Waals surface area contributed by atoms with Gasteiger partial charge in [-0.2, -0.15) is 8.80 Å². The summed E-state index contributed by atoms with van der Waals surface area (Å²) in [7, 11) is 0. The number of hydrogen-bond donors (Lipinski definition) is 0. The Labute approximate surface area is 268 Å². The van der Waals surface area contributed by atoms with Gasteiger partial charge in [0.25, 0.3) is 11.3 Å². The number of benzene rings is 4. The smallest absolute Gasteiger partial charge is 0.222 e. The van der Waals surface area contributed by atoms with Crippen molar-refractivity contribution in [3.8, 4) is 0 Å². The van der Waals surface area contributed by atoms with E-state index < -0.39 is 0 Å². The molecule has 0 saturated carbocycles. The molecule has 4 aliphatic rings. The molecule has 0 amide bonds. The standard InChI is InChI=1S/2C21H19N2/c1-12-19-21(2,3)10-13-6-4-9-16-15-8-5-7-14-11-22(12)20(17(14)15)23(19)18(13)16;1-12-17-10-21(2,3)16-9-5-8-15-14-7-4-6-13-11-22(12)20(18(13)14)23(17)19(15)16/h2*4-9H,10-11H2,1-3H3/q2*+1. The zero-order chi connectivity index (χ0) is 31.0. The molecule has 8 heterocycles. The Morgan fingerprint density at radius 1 is 0.543 bits per heavy atom. The Balaban J connectivity index is 0.000000114. The third-order valence-electron chi connectivity index (χ3n) is 12.2. The Kier molecular flexibility index (Phi) is 4.32. The third kappa shape index (κ3) is 2.73. The molecule has 8 aromatic rings. The molecule has 4 aromatic heterocycles. The molecule has 0 fully saturated rings. The number of para-hydroxylation sites is 2. The summed E-state index contributed by atoms with van der Waals surface area (Å²) < 4.78 is 10.2. The molecule has 0 aliphatic carbocycles. The van der Waals surface area contributed by atoms with Gasteiger partial charge in [0.2, 0.25) is 0 Å². The molecule has 4 aliphatic heterocycles. The minimum atomic E-state index is 0.180. The van der Waals surface area contributed by atoms with E-state index in [-0.39, 0.29) is 10.8 Å². The molecular formula is C42H38N4+2. The number of fused-ring (bicyclic) bond motifs is 2. The number of imidazole rings is 2. The second-order valence-corrected chi connectivity index (χ2v) is 15.8. The molecule has 12 rings (SSSR count). The van der Waals surface area contributed by atoms with Crippen LogP contribution in [0.4, 0.5) is 0 Å². The molecule has 4 nitrogen and oxygen atoms in total. The first-order valence-corrected chi connectivity index (χ1v) is 17.0. The van der Waals surface area contributed by atoms with Crippen LogP contribution in [0.2, 0.25) is 0 Å². The van der Waals surface area contributed by atoms with E-state index in [9.17, 15) is 0 Å². The highest BCUT2D eigenvalue weighted by atomic mass is 15.2. The summed E-state index contributed by atoms with van der Waals surface area (Å²) in [5, 5.41) is 8.58. The largest absolute Gasteiger partial charge is 0.295 e. The van der Waals surface area contributed by atoms with Crippen LogP contribution in [-0.4, -0.2) is 9.13 Å². The molecule has 0 radical (unpaired) electrons. The van der Waals surface area contributed by atoms with Crippen LogP contribution in [0.3, 0.4) is 0 Å². The minimum Gasteiger partial charge on any atom is -0.222 e. The maximum absolute atomic E-state index is 2.59. The SMILES string of the molecule is Cc1c2[n+]3c4c(cccc4c4cccc5c4c3n1C5)C(C)(C)C2.Cc1c2[n+]3c4c(cccc4c4cccc5c4c3n1C5)CC2(C)C. The lowest BCUT2D eigenvalue weighted by molar-refractivity contribution is -0.498. The molecule has 4 aromatic carbocycles. The summed E-state index contributed by atoms with van der Waals surface area (Å²) in [5.41, 5.74) is 17.9. The first-order chi connectivity index (χ1) is 22.2. The topological polar surface area (TPSA) is 18.1 Å². The van der Waals surface area contributed by atoms with Crippen molar-refractivity contribution in [1.29, 1.82) is 0 Å². The molecule has 224 valence electrons.